The van der Waals surface area contributed by atoms with Crippen molar-refractivity contribution >= 4 is 11.9 Å². The van der Waals surface area contributed by atoms with Gasteiger partial charge < -0.3 is 10.1 Å². The van der Waals surface area contributed by atoms with Crippen LogP contribution in [0, 0.1) is 11.7 Å². The lowest BCUT2D eigenvalue weighted by atomic mass is 9.99. The average Bonchev–Trinajstić information content (AvgIpc) is 2.63. The molecule has 2 rings (SSSR count). The second-order valence-corrected chi connectivity index (χ2v) is 6.97. The van der Waals surface area contributed by atoms with Crippen LogP contribution in [0.1, 0.15) is 31.9 Å². The van der Waals surface area contributed by atoms with Crippen molar-refractivity contribution in [2.24, 2.45) is 5.92 Å². The van der Waals surface area contributed by atoms with Gasteiger partial charge in [-0.05, 0) is 43.5 Å². The molecule has 0 saturated heterocycles. The van der Waals surface area contributed by atoms with Crippen LogP contribution in [0.2, 0.25) is 0 Å². The number of hydrogen-bond donors (Lipinski definition) is 1. The van der Waals surface area contributed by atoms with Crippen LogP contribution in [0.3, 0.4) is 0 Å². The maximum atomic E-state index is 13.1. The Kier molecular flexibility index (Phi) is 7.53. The monoisotopic (exact) mass is 371 g/mol. The molecule has 0 radical (unpaired) electrons. The Bertz CT molecular complexity index is 744. The lowest BCUT2D eigenvalue weighted by molar-refractivity contribution is -0.151. The molecule has 0 aliphatic heterocycles. The maximum Gasteiger partial charge on any atom is 0.329 e. The Morgan fingerprint density at radius 1 is 0.926 bits per heavy atom. The van der Waals surface area contributed by atoms with Gasteiger partial charge in [0.25, 0.3) is 0 Å². The molecule has 27 heavy (non-hydrogen) atoms. The highest BCUT2D eigenvalue weighted by Gasteiger charge is 2.26. The first-order valence-corrected chi connectivity index (χ1v) is 9.14. The summed E-state index contributed by atoms with van der Waals surface area (Å²) in [5, 5.41) is 2.80. The smallest absolute Gasteiger partial charge is 0.329 e. The minimum atomic E-state index is -0.816. The zero-order chi connectivity index (χ0) is 19.8. The number of nitrogens with one attached hydrogen (secondary N) is 1. The van der Waals surface area contributed by atoms with Gasteiger partial charge in [0.05, 0.1) is 6.10 Å². The number of carbonyl (C=O) groups excluding carboxylic acids is 2. The zero-order valence-electron chi connectivity index (χ0n) is 15.9. The average molecular weight is 371 g/mol. The normalized spacial score (nSPS) is 13.1. The molecule has 1 amide bonds. The quantitative estimate of drug-likeness (QED) is 0.720. The Labute approximate surface area is 159 Å². The predicted octanol–water partition coefficient (Wildman–Crippen LogP) is 3.68. The molecule has 0 aliphatic carbocycles. The molecule has 0 aliphatic rings. The second-order valence-electron chi connectivity index (χ2n) is 6.97. The summed E-state index contributed by atoms with van der Waals surface area (Å²) in [6.45, 7) is 5.34. The Balaban J connectivity index is 2.06. The third-order valence-electron chi connectivity index (χ3n) is 4.14. The molecular weight excluding hydrogens is 345 g/mol. The van der Waals surface area contributed by atoms with Gasteiger partial charge in [0.15, 0.2) is 0 Å². The van der Waals surface area contributed by atoms with E-state index in [1.165, 1.54) is 12.1 Å². The predicted molar refractivity (Wildman–Crippen MR) is 103 cm³/mol. The molecule has 0 aromatic heterocycles. The van der Waals surface area contributed by atoms with Crippen LogP contribution in [-0.2, 0) is 27.2 Å². The summed E-state index contributed by atoms with van der Waals surface area (Å²) >= 11 is 0. The molecule has 2 aromatic rings. The molecular formula is C22H26FNO3. The van der Waals surface area contributed by atoms with E-state index in [1.54, 1.807) is 26.0 Å². The highest BCUT2D eigenvalue weighted by molar-refractivity contribution is 5.86. The molecule has 2 aromatic carbocycles. The first-order valence-electron chi connectivity index (χ1n) is 9.14. The molecule has 144 valence electrons. The van der Waals surface area contributed by atoms with Gasteiger partial charge in [-0.25, -0.2) is 9.18 Å². The van der Waals surface area contributed by atoms with Crippen molar-refractivity contribution in [2.45, 2.75) is 45.8 Å². The first kappa shape index (κ1) is 20.6. The van der Waals surface area contributed by atoms with Crippen LogP contribution in [0.5, 0.6) is 0 Å². The highest BCUT2D eigenvalue weighted by atomic mass is 19.1. The molecule has 0 bridgehead atoms. The molecule has 0 spiro atoms. The third-order valence-corrected chi connectivity index (χ3v) is 4.14. The Morgan fingerprint density at radius 3 is 2.11 bits per heavy atom. The summed E-state index contributed by atoms with van der Waals surface area (Å²) in [5.41, 5.74) is 1.80. The number of carbonyl (C=O) groups is 2. The van der Waals surface area contributed by atoms with Crippen molar-refractivity contribution in [3.05, 3.63) is 71.5 Å². The molecule has 5 heteroatoms. The molecule has 4 nitrogen and oxygen atoms in total. The Morgan fingerprint density at radius 2 is 1.52 bits per heavy atom. The summed E-state index contributed by atoms with van der Waals surface area (Å²) in [4.78, 5) is 25.0. The van der Waals surface area contributed by atoms with Gasteiger partial charge in [-0.2, -0.15) is 0 Å². The number of rotatable bonds is 8. The van der Waals surface area contributed by atoms with Crippen LogP contribution in [-0.4, -0.2) is 24.0 Å². The van der Waals surface area contributed by atoms with Crippen molar-refractivity contribution in [3.8, 4) is 0 Å². The number of esters is 1. The van der Waals surface area contributed by atoms with Gasteiger partial charge >= 0.3 is 5.97 Å². The fraction of sp³-hybridized carbons (Fsp3) is 0.364. The van der Waals surface area contributed by atoms with Crippen molar-refractivity contribution < 1.29 is 18.7 Å². The van der Waals surface area contributed by atoms with E-state index in [9.17, 15) is 14.0 Å². The zero-order valence-corrected chi connectivity index (χ0v) is 15.9. The van der Waals surface area contributed by atoms with Crippen LogP contribution in [0.4, 0.5) is 4.39 Å². The summed E-state index contributed by atoms with van der Waals surface area (Å²) in [5.74, 6) is -1.35. The van der Waals surface area contributed by atoms with Gasteiger partial charge in [-0.1, -0.05) is 49.4 Å². The molecule has 0 saturated carbocycles. The lowest BCUT2D eigenvalue weighted by Crippen LogP contribution is -2.46. The van der Waals surface area contributed by atoms with Crippen LogP contribution >= 0.6 is 0 Å². The van der Waals surface area contributed by atoms with Gasteiger partial charge in [0.1, 0.15) is 11.9 Å². The van der Waals surface area contributed by atoms with Crippen molar-refractivity contribution in [1.29, 1.82) is 0 Å². The number of benzene rings is 2. The van der Waals surface area contributed by atoms with E-state index < -0.39 is 12.0 Å². The fourth-order valence-corrected chi connectivity index (χ4v) is 2.74. The van der Waals surface area contributed by atoms with Crippen molar-refractivity contribution in [1.82, 2.24) is 5.32 Å². The van der Waals surface area contributed by atoms with E-state index in [2.05, 4.69) is 5.32 Å². The SMILES string of the molecule is CC(C)OC(=O)C(Cc1ccc(F)cc1)NC(=O)C(C)Cc1ccccc1. The standard InChI is InChI=1S/C22H26FNO3/c1-15(2)27-22(26)20(14-18-9-11-19(23)12-10-18)24-21(25)16(3)13-17-7-5-4-6-8-17/h4-12,15-16,20H,13-14H2,1-3H3,(H,24,25). The minimum absolute atomic E-state index is 0.216. The van der Waals surface area contributed by atoms with Crippen molar-refractivity contribution in [2.75, 3.05) is 0 Å². The first-order chi connectivity index (χ1) is 12.8. The van der Waals surface area contributed by atoms with Gasteiger partial charge in [-0.15, -0.1) is 0 Å². The van der Waals surface area contributed by atoms with Crippen molar-refractivity contribution in [3.63, 3.8) is 0 Å². The van der Waals surface area contributed by atoms with E-state index in [0.29, 0.717) is 6.42 Å². The van der Waals surface area contributed by atoms with E-state index in [1.807, 2.05) is 37.3 Å². The van der Waals surface area contributed by atoms with Gasteiger partial charge in [0.2, 0.25) is 5.91 Å². The maximum absolute atomic E-state index is 13.1. The highest BCUT2D eigenvalue weighted by Crippen LogP contribution is 2.11. The topological polar surface area (TPSA) is 55.4 Å². The molecule has 2 atom stereocenters. The van der Waals surface area contributed by atoms with Gasteiger partial charge in [0, 0.05) is 12.3 Å². The van der Waals surface area contributed by atoms with E-state index in [4.69, 9.17) is 4.74 Å². The Hall–Kier alpha value is -2.69. The molecule has 0 heterocycles. The van der Waals surface area contributed by atoms with E-state index in [-0.39, 0.29) is 30.2 Å². The largest absolute Gasteiger partial charge is 0.461 e. The minimum Gasteiger partial charge on any atom is -0.461 e. The van der Waals surface area contributed by atoms with Crippen LogP contribution in [0.25, 0.3) is 0 Å². The number of halogens is 1. The molecule has 0 fully saturated rings. The second kappa shape index (κ2) is 9.86. The number of amides is 1. The van der Waals surface area contributed by atoms with Gasteiger partial charge in [-0.3, -0.25) is 4.79 Å². The van der Waals surface area contributed by atoms with E-state index in [0.717, 1.165) is 11.1 Å². The molecule has 1 N–H and O–H groups in total. The molecule has 2 unspecified atom stereocenters. The number of ether oxygens (including phenoxy) is 1. The lowest BCUT2D eigenvalue weighted by Gasteiger charge is -2.21. The third kappa shape index (κ3) is 6.85. The van der Waals surface area contributed by atoms with E-state index >= 15 is 0 Å². The number of hydrogen-bond acceptors (Lipinski definition) is 3. The summed E-state index contributed by atoms with van der Waals surface area (Å²) in [6, 6.07) is 14.8. The van der Waals surface area contributed by atoms with Crippen LogP contribution < -0.4 is 5.32 Å². The fourth-order valence-electron chi connectivity index (χ4n) is 2.74. The summed E-state index contributed by atoms with van der Waals surface area (Å²) < 4.78 is 18.4. The summed E-state index contributed by atoms with van der Waals surface area (Å²) in [6.07, 6.45) is 0.539. The summed E-state index contributed by atoms with van der Waals surface area (Å²) in [7, 11) is 0. The van der Waals surface area contributed by atoms with Crippen LogP contribution in [0.15, 0.2) is 54.6 Å².